The van der Waals surface area contributed by atoms with Crippen LogP contribution in [0.1, 0.15) is 20.8 Å². The summed E-state index contributed by atoms with van der Waals surface area (Å²) in [5, 5.41) is 8.49. The van der Waals surface area contributed by atoms with Crippen LogP contribution in [0.5, 0.6) is 0 Å². The van der Waals surface area contributed by atoms with Crippen molar-refractivity contribution in [2.75, 3.05) is 13.2 Å². The number of carboxylic acids is 1. The van der Waals surface area contributed by atoms with Crippen LogP contribution in [0.4, 0.5) is 0 Å². The maximum absolute atomic E-state index is 10.3. The molecule has 0 radical (unpaired) electrons. The van der Waals surface area contributed by atoms with Crippen LogP contribution in [-0.2, 0) is 14.3 Å². The predicted octanol–water partition coefficient (Wildman–Crippen LogP) is 0.901. The molecule has 0 bridgehead atoms. The second-order valence-corrected chi connectivity index (χ2v) is 2.59. The standard InChI is InChI=1S/C8H16O4/c1-4-11-5-6(2)12-7(3)8(9)10/h6-7H,4-5H2,1-3H3,(H,9,10). The molecular weight excluding hydrogens is 160 g/mol. The molecule has 4 heteroatoms. The summed E-state index contributed by atoms with van der Waals surface area (Å²) in [5.74, 6) is -0.946. The van der Waals surface area contributed by atoms with E-state index >= 15 is 0 Å². The fourth-order valence-corrected chi connectivity index (χ4v) is 0.730. The molecule has 0 aromatic rings. The monoisotopic (exact) mass is 176 g/mol. The summed E-state index contributed by atoms with van der Waals surface area (Å²) in [7, 11) is 0. The quantitative estimate of drug-likeness (QED) is 0.653. The lowest BCUT2D eigenvalue weighted by Crippen LogP contribution is -2.27. The van der Waals surface area contributed by atoms with Crippen LogP contribution in [0.3, 0.4) is 0 Å². The molecule has 0 amide bonds. The normalized spacial score (nSPS) is 15.6. The lowest BCUT2D eigenvalue weighted by atomic mass is 10.4. The zero-order valence-electron chi connectivity index (χ0n) is 7.74. The Morgan fingerprint density at radius 1 is 1.50 bits per heavy atom. The molecule has 0 aromatic heterocycles. The van der Waals surface area contributed by atoms with Crippen LogP contribution in [0.25, 0.3) is 0 Å². The minimum Gasteiger partial charge on any atom is -0.479 e. The average Bonchev–Trinajstić information content (AvgIpc) is 2.00. The molecule has 0 heterocycles. The Morgan fingerprint density at radius 2 is 2.08 bits per heavy atom. The van der Waals surface area contributed by atoms with Gasteiger partial charge in [0.05, 0.1) is 12.7 Å². The fourth-order valence-electron chi connectivity index (χ4n) is 0.730. The van der Waals surface area contributed by atoms with Crippen LogP contribution in [0.15, 0.2) is 0 Å². The van der Waals surface area contributed by atoms with E-state index in [9.17, 15) is 4.79 Å². The molecule has 1 N–H and O–H groups in total. The third kappa shape index (κ3) is 5.09. The van der Waals surface area contributed by atoms with Crippen LogP contribution < -0.4 is 0 Å². The highest BCUT2D eigenvalue weighted by molar-refractivity contribution is 5.71. The van der Waals surface area contributed by atoms with Gasteiger partial charge in [-0.25, -0.2) is 4.79 Å². The molecule has 0 rings (SSSR count). The molecule has 0 aromatic carbocycles. The number of hydrogen-bond donors (Lipinski definition) is 1. The van der Waals surface area contributed by atoms with Crippen LogP contribution in [0.2, 0.25) is 0 Å². The summed E-state index contributed by atoms with van der Waals surface area (Å²) >= 11 is 0. The first-order valence-corrected chi connectivity index (χ1v) is 4.04. The van der Waals surface area contributed by atoms with Gasteiger partial charge < -0.3 is 14.6 Å². The molecule has 0 spiro atoms. The predicted molar refractivity (Wildman–Crippen MR) is 44.1 cm³/mol. The van der Waals surface area contributed by atoms with Gasteiger partial charge in [0, 0.05) is 6.61 Å². The van der Waals surface area contributed by atoms with E-state index in [2.05, 4.69) is 0 Å². The van der Waals surface area contributed by atoms with E-state index < -0.39 is 12.1 Å². The summed E-state index contributed by atoms with van der Waals surface area (Å²) in [6.07, 6.45) is -0.934. The third-order valence-corrected chi connectivity index (χ3v) is 1.34. The number of aliphatic carboxylic acids is 1. The van der Waals surface area contributed by atoms with E-state index in [0.29, 0.717) is 13.2 Å². The van der Waals surface area contributed by atoms with E-state index in [-0.39, 0.29) is 6.10 Å². The first kappa shape index (κ1) is 11.4. The van der Waals surface area contributed by atoms with Crippen molar-refractivity contribution in [2.24, 2.45) is 0 Å². The second-order valence-electron chi connectivity index (χ2n) is 2.59. The van der Waals surface area contributed by atoms with Gasteiger partial charge in [-0.3, -0.25) is 0 Å². The maximum Gasteiger partial charge on any atom is 0.332 e. The summed E-state index contributed by atoms with van der Waals surface area (Å²) in [6, 6.07) is 0. The minimum absolute atomic E-state index is 0.170. The molecule has 0 fully saturated rings. The van der Waals surface area contributed by atoms with Crippen molar-refractivity contribution >= 4 is 5.97 Å². The number of carbonyl (C=O) groups is 1. The Kier molecular flexibility index (Phi) is 5.66. The van der Waals surface area contributed by atoms with Gasteiger partial charge in [-0.15, -0.1) is 0 Å². The summed E-state index contributed by atoms with van der Waals surface area (Å²) in [4.78, 5) is 10.3. The van der Waals surface area contributed by atoms with Gasteiger partial charge >= 0.3 is 5.97 Å². The number of carboxylic acid groups (broad SMARTS) is 1. The van der Waals surface area contributed by atoms with Gasteiger partial charge in [0.25, 0.3) is 0 Å². The Bertz CT molecular complexity index is 135. The first-order valence-electron chi connectivity index (χ1n) is 4.04. The van der Waals surface area contributed by atoms with E-state index in [1.165, 1.54) is 6.92 Å². The van der Waals surface area contributed by atoms with Gasteiger partial charge in [0.2, 0.25) is 0 Å². The zero-order chi connectivity index (χ0) is 9.56. The fraction of sp³-hybridized carbons (Fsp3) is 0.875. The summed E-state index contributed by atoms with van der Waals surface area (Å²) in [6.45, 7) is 6.23. The molecule has 2 unspecified atom stereocenters. The average molecular weight is 176 g/mol. The summed E-state index contributed by atoms with van der Waals surface area (Å²) in [5.41, 5.74) is 0. The van der Waals surface area contributed by atoms with Crippen molar-refractivity contribution < 1.29 is 19.4 Å². The van der Waals surface area contributed by atoms with Crippen LogP contribution in [0, 0.1) is 0 Å². The van der Waals surface area contributed by atoms with Gasteiger partial charge in [-0.1, -0.05) is 0 Å². The van der Waals surface area contributed by atoms with Gasteiger partial charge in [0.1, 0.15) is 0 Å². The molecule has 0 aliphatic rings. The summed E-state index contributed by atoms with van der Waals surface area (Å²) < 4.78 is 10.1. The Hall–Kier alpha value is -0.610. The van der Waals surface area contributed by atoms with Crippen molar-refractivity contribution in [3.05, 3.63) is 0 Å². The Morgan fingerprint density at radius 3 is 2.50 bits per heavy atom. The van der Waals surface area contributed by atoms with Crippen molar-refractivity contribution in [3.8, 4) is 0 Å². The molecule has 0 aliphatic carbocycles. The highest BCUT2D eigenvalue weighted by Crippen LogP contribution is 1.98. The first-order chi connectivity index (χ1) is 5.57. The van der Waals surface area contributed by atoms with E-state index in [1.807, 2.05) is 6.92 Å². The topological polar surface area (TPSA) is 55.8 Å². The molecule has 12 heavy (non-hydrogen) atoms. The third-order valence-electron chi connectivity index (χ3n) is 1.34. The molecule has 4 nitrogen and oxygen atoms in total. The van der Waals surface area contributed by atoms with Gasteiger partial charge in [-0.2, -0.15) is 0 Å². The van der Waals surface area contributed by atoms with E-state index in [1.54, 1.807) is 6.92 Å². The minimum atomic E-state index is -0.946. The lowest BCUT2D eigenvalue weighted by Gasteiger charge is -2.15. The lowest BCUT2D eigenvalue weighted by molar-refractivity contribution is -0.154. The SMILES string of the molecule is CCOCC(C)OC(C)C(=O)O. The molecule has 72 valence electrons. The number of hydrogen-bond acceptors (Lipinski definition) is 3. The molecule has 0 saturated heterocycles. The molecule has 0 aliphatic heterocycles. The van der Waals surface area contributed by atoms with Crippen LogP contribution in [-0.4, -0.2) is 36.5 Å². The molecule has 0 saturated carbocycles. The zero-order valence-corrected chi connectivity index (χ0v) is 7.74. The van der Waals surface area contributed by atoms with Crippen molar-refractivity contribution in [1.82, 2.24) is 0 Å². The number of ether oxygens (including phenoxy) is 2. The van der Waals surface area contributed by atoms with Crippen molar-refractivity contribution in [2.45, 2.75) is 33.0 Å². The maximum atomic E-state index is 10.3. The largest absolute Gasteiger partial charge is 0.479 e. The van der Waals surface area contributed by atoms with Crippen molar-refractivity contribution in [1.29, 1.82) is 0 Å². The van der Waals surface area contributed by atoms with Gasteiger partial charge in [0.15, 0.2) is 6.10 Å². The Labute approximate surface area is 72.5 Å². The van der Waals surface area contributed by atoms with Crippen LogP contribution >= 0.6 is 0 Å². The highest BCUT2D eigenvalue weighted by atomic mass is 16.5. The molecule has 2 atom stereocenters. The van der Waals surface area contributed by atoms with E-state index in [0.717, 1.165) is 0 Å². The smallest absolute Gasteiger partial charge is 0.332 e. The Balaban J connectivity index is 3.53. The molecular formula is C8H16O4. The number of rotatable bonds is 6. The highest BCUT2D eigenvalue weighted by Gasteiger charge is 2.14. The van der Waals surface area contributed by atoms with E-state index in [4.69, 9.17) is 14.6 Å². The second kappa shape index (κ2) is 5.97. The van der Waals surface area contributed by atoms with Crippen molar-refractivity contribution in [3.63, 3.8) is 0 Å². The van der Waals surface area contributed by atoms with Gasteiger partial charge in [-0.05, 0) is 20.8 Å².